The van der Waals surface area contributed by atoms with Gasteiger partial charge in [0.25, 0.3) is 0 Å². The first-order chi connectivity index (χ1) is 13.8. The molecule has 1 aliphatic heterocycles. The number of nitrogens with zero attached hydrogens (tertiary/aromatic N) is 3. The van der Waals surface area contributed by atoms with Crippen molar-refractivity contribution in [3.05, 3.63) is 65.2 Å². The molecule has 2 N–H and O–H groups in total. The fourth-order valence-corrected chi connectivity index (χ4v) is 2.42. The van der Waals surface area contributed by atoms with Gasteiger partial charge in [-0.1, -0.05) is 17.3 Å². The van der Waals surface area contributed by atoms with Gasteiger partial charge < -0.3 is 9.57 Å². The molecule has 0 atom stereocenters. The number of halogens is 3. The first kappa shape index (κ1) is 20.5. The van der Waals surface area contributed by atoms with Crippen LogP contribution in [-0.4, -0.2) is 30.2 Å². The first-order valence-corrected chi connectivity index (χ1v) is 8.70. The van der Waals surface area contributed by atoms with E-state index in [9.17, 15) is 13.2 Å². The summed E-state index contributed by atoms with van der Waals surface area (Å²) in [5, 5.41) is 9.75. The van der Waals surface area contributed by atoms with Crippen molar-refractivity contribution in [2.24, 2.45) is 10.3 Å². The molecule has 2 aromatic rings. The van der Waals surface area contributed by atoms with Gasteiger partial charge in [-0.25, -0.2) is 5.53 Å². The summed E-state index contributed by atoms with van der Waals surface area (Å²) < 4.78 is 43.4. The quantitative estimate of drug-likeness (QED) is 0.545. The third-order valence-electron chi connectivity index (χ3n) is 4.14. The van der Waals surface area contributed by atoms with Crippen LogP contribution in [0.25, 0.3) is 0 Å². The van der Waals surface area contributed by atoms with Gasteiger partial charge in [-0.05, 0) is 54.4 Å². The van der Waals surface area contributed by atoms with Gasteiger partial charge in [0.2, 0.25) is 0 Å². The molecule has 0 unspecified atom stereocenters. The standard InChI is InChI=1S/C19H20F3N5O2/c1-13(24-29-11-14-3-7-16(8-4-14)19(20,21)22)15-5-9-17(10-6-15)28-12-18-23-25-26-27(18)2/h3-10,25-26H,11-12H2,1-2H3. The number of oxime groups is 1. The second kappa shape index (κ2) is 8.82. The summed E-state index contributed by atoms with van der Waals surface area (Å²) in [4.78, 5) is 5.26. The summed E-state index contributed by atoms with van der Waals surface area (Å²) in [5.74, 6) is 1.39. The van der Waals surface area contributed by atoms with E-state index in [-0.39, 0.29) is 6.61 Å². The zero-order valence-electron chi connectivity index (χ0n) is 15.8. The molecule has 0 saturated carbocycles. The lowest BCUT2D eigenvalue weighted by atomic mass is 10.1. The molecule has 10 heteroatoms. The number of ether oxygens (including phenoxy) is 1. The van der Waals surface area contributed by atoms with Crippen molar-refractivity contribution in [1.29, 1.82) is 0 Å². The van der Waals surface area contributed by atoms with E-state index < -0.39 is 11.7 Å². The molecule has 0 aliphatic carbocycles. The minimum atomic E-state index is -4.35. The van der Waals surface area contributed by atoms with Crippen LogP contribution in [0, 0.1) is 0 Å². The van der Waals surface area contributed by atoms with E-state index in [1.807, 2.05) is 19.2 Å². The first-order valence-electron chi connectivity index (χ1n) is 8.70. The molecule has 2 aromatic carbocycles. The molecule has 0 radical (unpaired) electrons. The van der Waals surface area contributed by atoms with Crippen LogP contribution in [0.1, 0.15) is 23.6 Å². The number of hydrazone groups is 1. The summed E-state index contributed by atoms with van der Waals surface area (Å²) in [6, 6.07) is 12.1. The SMILES string of the molecule is CC(=NOCc1ccc(C(F)(F)F)cc1)c1ccc(OCC2=NNNN2C)cc1. The van der Waals surface area contributed by atoms with E-state index in [0.717, 1.165) is 17.7 Å². The van der Waals surface area contributed by atoms with E-state index in [0.29, 0.717) is 29.5 Å². The minimum Gasteiger partial charge on any atom is -0.486 e. The fourth-order valence-electron chi connectivity index (χ4n) is 2.42. The van der Waals surface area contributed by atoms with Crippen molar-refractivity contribution in [3.63, 3.8) is 0 Å². The lowest BCUT2D eigenvalue weighted by Crippen LogP contribution is -2.39. The molecular weight excluding hydrogens is 387 g/mol. The van der Waals surface area contributed by atoms with E-state index in [2.05, 4.69) is 21.3 Å². The zero-order valence-corrected chi connectivity index (χ0v) is 15.8. The average Bonchev–Trinajstić information content (AvgIpc) is 3.11. The van der Waals surface area contributed by atoms with Crippen molar-refractivity contribution in [2.45, 2.75) is 19.7 Å². The van der Waals surface area contributed by atoms with Crippen LogP contribution in [0.5, 0.6) is 5.75 Å². The number of hydrogen-bond acceptors (Lipinski definition) is 7. The Balaban J connectivity index is 1.50. The summed E-state index contributed by atoms with van der Waals surface area (Å²) in [5.41, 5.74) is 6.80. The number of nitrogens with one attached hydrogen (secondary N) is 2. The predicted molar refractivity (Wildman–Crippen MR) is 102 cm³/mol. The van der Waals surface area contributed by atoms with E-state index in [1.165, 1.54) is 12.1 Å². The summed E-state index contributed by atoms with van der Waals surface area (Å²) in [7, 11) is 1.82. The maximum Gasteiger partial charge on any atom is 0.416 e. The number of rotatable bonds is 7. The number of alkyl halides is 3. The molecule has 0 aromatic heterocycles. The van der Waals surface area contributed by atoms with E-state index in [1.54, 1.807) is 24.1 Å². The number of likely N-dealkylation sites (N-methyl/N-ethyl adjacent to an activating group) is 1. The Hall–Kier alpha value is -3.27. The molecule has 0 bridgehead atoms. The topological polar surface area (TPSA) is 70.5 Å². The second-order valence-corrected chi connectivity index (χ2v) is 6.27. The molecule has 1 aliphatic rings. The van der Waals surface area contributed by atoms with E-state index in [4.69, 9.17) is 9.57 Å². The number of hydrazine groups is 2. The monoisotopic (exact) mass is 407 g/mol. The summed E-state index contributed by atoms with van der Waals surface area (Å²) in [6.45, 7) is 2.16. The Morgan fingerprint density at radius 1 is 1.07 bits per heavy atom. The maximum atomic E-state index is 12.6. The highest BCUT2D eigenvalue weighted by molar-refractivity contribution is 5.98. The molecule has 154 valence electrons. The molecule has 7 nitrogen and oxygen atoms in total. The summed E-state index contributed by atoms with van der Waals surface area (Å²) >= 11 is 0. The molecule has 0 fully saturated rings. The van der Waals surface area contributed by atoms with Crippen molar-refractivity contribution in [1.82, 2.24) is 16.1 Å². The normalized spacial score (nSPS) is 14.4. The highest BCUT2D eigenvalue weighted by atomic mass is 19.4. The Morgan fingerprint density at radius 2 is 1.76 bits per heavy atom. The van der Waals surface area contributed by atoms with Gasteiger partial charge in [-0.15, -0.1) is 10.6 Å². The van der Waals surface area contributed by atoms with Crippen LogP contribution in [0.2, 0.25) is 0 Å². The van der Waals surface area contributed by atoms with Crippen molar-refractivity contribution < 1.29 is 22.7 Å². The molecular formula is C19H20F3N5O2. The lowest BCUT2D eigenvalue weighted by Gasteiger charge is -2.13. The third-order valence-corrected chi connectivity index (χ3v) is 4.14. The lowest BCUT2D eigenvalue weighted by molar-refractivity contribution is -0.137. The van der Waals surface area contributed by atoms with Crippen LogP contribution in [0.4, 0.5) is 13.2 Å². The molecule has 0 spiro atoms. The average molecular weight is 407 g/mol. The minimum absolute atomic E-state index is 0.0778. The van der Waals surface area contributed by atoms with Crippen LogP contribution in [0.15, 0.2) is 58.8 Å². The van der Waals surface area contributed by atoms with Gasteiger partial charge in [-0.2, -0.15) is 13.2 Å². The third kappa shape index (κ3) is 5.61. The smallest absolute Gasteiger partial charge is 0.416 e. The van der Waals surface area contributed by atoms with Crippen LogP contribution in [-0.2, 0) is 17.6 Å². The Labute approximate surface area is 165 Å². The van der Waals surface area contributed by atoms with Gasteiger partial charge in [0.1, 0.15) is 19.0 Å². The Kier molecular flexibility index (Phi) is 6.23. The predicted octanol–water partition coefficient (Wildman–Crippen LogP) is 3.29. The maximum absolute atomic E-state index is 12.6. The highest BCUT2D eigenvalue weighted by Crippen LogP contribution is 2.29. The number of benzene rings is 2. The summed E-state index contributed by atoms with van der Waals surface area (Å²) in [6.07, 6.45) is -4.35. The number of amidine groups is 1. The highest BCUT2D eigenvalue weighted by Gasteiger charge is 2.29. The molecule has 1 heterocycles. The van der Waals surface area contributed by atoms with Crippen LogP contribution >= 0.6 is 0 Å². The van der Waals surface area contributed by atoms with Crippen LogP contribution < -0.4 is 15.8 Å². The van der Waals surface area contributed by atoms with Crippen molar-refractivity contribution in [3.8, 4) is 5.75 Å². The zero-order chi connectivity index (χ0) is 20.9. The fraction of sp³-hybridized carbons (Fsp3) is 0.263. The Morgan fingerprint density at radius 3 is 2.34 bits per heavy atom. The molecule has 0 amide bonds. The second-order valence-electron chi connectivity index (χ2n) is 6.27. The van der Waals surface area contributed by atoms with E-state index >= 15 is 0 Å². The van der Waals surface area contributed by atoms with Crippen LogP contribution in [0.3, 0.4) is 0 Å². The van der Waals surface area contributed by atoms with Gasteiger partial charge in [0.05, 0.1) is 11.3 Å². The molecule has 0 saturated heterocycles. The van der Waals surface area contributed by atoms with Gasteiger partial charge in [-0.3, -0.25) is 5.01 Å². The molecule has 3 rings (SSSR count). The Bertz CT molecular complexity index is 880. The number of hydrogen-bond donors (Lipinski definition) is 2. The van der Waals surface area contributed by atoms with Crippen molar-refractivity contribution in [2.75, 3.05) is 13.7 Å². The van der Waals surface area contributed by atoms with Gasteiger partial charge >= 0.3 is 6.18 Å². The van der Waals surface area contributed by atoms with Gasteiger partial charge in [0, 0.05) is 7.05 Å². The molecule has 29 heavy (non-hydrogen) atoms. The van der Waals surface area contributed by atoms with Crippen molar-refractivity contribution >= 4 is 11.5 Å². The van der Waals surface area contributed by atoms with Gasteiger partial charge in [0.15, 0.2) is 5.84 Å². The largest absolute Gasteiger partial charge is 0.486 e.